The standard InChI is InChI=1S/C18H13ClFN5O3/c1-2-10(18(27)28)17(26)25-15-6-11-14(7-21-15)22-8-23-16(11)24-9-3-4-13(20)12(19)5-9/h2-8,10H,1H2,(H,27,28)(H,21,25,26)(H,22,23,24). The molecule has 28 heavy (non-hydrogen) atoms. The second-order valence-corrected chi connectivity index (χ2v) is 6.01. The van der Waals surface area contributed by atoms with Gasteiger partial charge in [-0.15, -0.1) is 6.58 Å². The second-order valence-electron chi connectivity index (χ2n) is 5.60. The first-order chi connectivity index (χ1) is 13.4. The lowest BCUT2D eigenvalue weighted by Crippen LogP contribution is -2.28. The first kappa shape index (κ1) is 19.2. The number of hydrogen-bond donors (Lipinski definition) is 3. The van der Waals surface area contributed by atoms with Gasteiger partial charge in [0.25, 0.3) is 0 Å². The topological polar surface area (TPSA) is 117 Å². The highest BCUT2D eigenvalue weighted by Crippen LogP contribution is 2.27. The van der Waals surface area contributed by atoms with E-state index in [0.29, 0.717) is 22.4 Å². The number of carbonyl (C=O) groups is 2. The number of halogens is 2. The van der Waals surface area contributed by atoms with Crippen LogP contribution in [0.5, 0.6) is 0 Å². The Morgan fingerprint density at radius 1 is 1.25 bits per heavy atom. The molecule has 1 aromatic carbocycles. The Morgan fingerprint density at radius 3 is 2.71 bits per heavy atom. The Balaban J connectivity index is 1.93. The molecule has 0 spiro atoms. The first-order valence-corrected chi connectivity index (χ1v) is 8.26. The van der Waals surface area contributed by atoms with Gasteiger partial charge in [-0.3, -0.25) is 9.59 Å². The van der Waals surface area contributed by atoms with Gasteiger partial charge in [0.15, 0.2) is 5.92 Å². The number of nitrogens with zero attached hydrogens (tertiary/aromatic N) is 3. The molecule has 8 nitrogen and oxygen atoms in total. The summed E-state index contributed by atoms with van der Waals surface area (Å²) in [5.74, 6) is -3.60. The molecule has 1 unspecified atom stereocenters. The van der Waals surface area contributed by atoms with E-state index in [1.807, 2.05) is 0 Å². The first-order valence-electron chi connectivity index (χ1n) is 7.88. The number of fused-ring (bicyclic) bond motifs is 1. The molecule has 3 aromatic rings. The fraction of sp³-hybridized carbons (Fsp3) is 0.0556. The number of carboxylic acid groups (broad SMARTS) is 1. The van der Waals surface area contributed by atoms with Gasteiger partial charge < -0.3 is 15.7 Å². The Hall–Kier alpha value is -3.59. The number of anilines is 3. The molecule has 2 aromatic heterocycles. The number of hydrogen-bond acceptors (Lipinski definition) is 6. The highest BCUT2D eigenvalue weighted by molar-refractivity contribution is 6.31. The zero-order valence-electron chi connectivity index (χ0n) is 14.2. The molecule has 0 saturated heterocycles. The monoisotopic (exact) mass is 401 g/mol. The molecule has 10 heteroatoms. The van der Waals surface area contributed by atoms with Crippen LogP contribution in [0.1, 0.15) is 0 Å². The summed E-state index contributed by atoms with van der Waals surface area (Å²) in [4.78, 5) is 35.4. The van der Waals surface area contributed by atoms with Gasteiger partial charge in [0.2, 0.25) is 5.91 Å². The molecule has 0 bridgehead atoms. The van der Waals surface area contributed by atoms with Crippen LogP contribution in [0.4, 0.5) is 21.7 Å². The summed E-state index contributed by atoms with van der Waals surface area (Å²) in [6.07, 6.45) is 3.74. The summed E-state index contributed by atoms with van der Waals surface area (Å²) in [5.41, 5.74) is 0.966. The molecule has 3 N–H and O–H groups in total. The maximum absolute atomic E-state index is 13.3. The van der Waals surface area contributed by atoms with Crippen LogP contribution < -0.4 is 10.6 Å². The van der Waals surface area contributed by atoms with Crippen LogP contribution >= 0.6 is 11.6 Å². The maximum Gasteiger partial charge on any atom is 0.319 e. The van der Waals surface area contributed by atoms with Gasteiger partial charge in [-0.05, 0) is 24.3 Å². The Bertz CT molecular complexity index is 1090. The van der Waals surface area contributed by atoms with Gasteiger partial charge >= 0.3 is 5.97 Å². The third-order valence-corrected chi connectivity index (χ3v) is 4.03. The Kier molecular flexibility index (Phi) is 5.46. The van der Waals surface area contributed by atoms with Crippen molar-refractivity contribution >= 4 is 51.7 Å². The second kappa shape index (κ2) is 7.97. The van der Waals surface area contributed by atoms with Gasteiger partial charge in [-0.25, -0.2) is 19.3 Å². The smallest absolute Gasteiger partial charge is 0.319 e. The minimum absolute atomic E-state index is 0.0536. The minimum atomic E-state index is -1.41. The molecule has 0 aliphatic rings. The average molecular weight is 402 g/mol. The van der Waals surface area contributed by atoms with E-state index in [-0.39, 0.29) is 10.8 Å². The summed E-state index contributed by atoms with van der Waals surface area (Å²) < 4.78 is 13.3. The third kappa shape index (κ3) is 4.04. The number of benzene rings is 1. The number of aliphatic carboxylic acids is 1. The van der Waals surface area contributed by atoms with Crippen molar-refractivity contribution in [3.63, 3.8) is 0 Å². The molecule has 3 rings (SSSR count). The highest BCUT2D eigenvalue weighted by Gasteiger charge is 2.23. The molecule has 0 aliphatic heterocycles. The molecule has 0 saturated carbocycles. The third-order valence-electron chi connectivity index (χ3n) is 3.74. The highest BCUT2D eigenvalue weighted by atomic mass is 35.5. The number of carboxylic acids is 1. The normalized spacial score (nSPS) is 11.6. The Labute approximate surface area is 163 Å². The molecule has 1 amide bonds. The van der Waals surface area contributed by atoms with Gasteiger partial charge in [0.1, 0.15) is 23.8 Å². The van der Waals surface area contributed by atoms with Crippen molar-refractivity contribution in [2.45, 2.75) is 0 Å². The molecular formula is C18H13ClFN5O3. The van der Waals surface area contributed by atoms with Gasteiger partial charge in [0.05, 0.1) is 16.7 Å². The van der Waals surface area contributed by atoms with Crippen molar-refractivity contribution in [2.75, 3.05) is 10.6 Å². The van der Waals surface area contributed by atoms with E-state index in [0.717, 1.165) is 6.08 Å². The number of amides is 1. The van der Waals surface area contributed by atoms with Gasteiger partial charge in [0, 0.05) is 11.1 Å². The fourth-order valence-electron chi connectivity index (χ4n) is 2.36. The quantitative estimate of drug-likeness (QED) is 0.428. The fourth-order valence-corrected chi connectivity index (χ4v) is 2.54. The van der Waals surface area contributed by atoms with E-state index in [9.17, 15) is 14.0 Å². The molecule has 2 heterocycles. The van der Waals surface area contributed by atoms with E-state index in [4.69, 9.17) is 16.7 Å². The number of aromatic nitrogens is 3. The molecule has 0 aliphatic carbocycles. The average Bonchev–Trinajstić information content (AvgIpc) is 2.65. The predicted molar refractivity (Wildman–Crippen MR) is 102 cm³/mol. The zero-order chi connectivity index (χ0) is 20.3. The van der Waals surface area contributed by atoms with E-state index < -0.39 is 23.6 Å². The van der Waals surface area contributed by atoms with Crippen molar-refractivity contribution in [2.24, 2.45) is 5.92 Å². The Morgan fingerprint density at radius 2 is 2.04 bits per heavy atom. The van der Waals surface area contributed by atoms with Crippen LogP contribution in [-0.4, -0.2) is 31.9 Å². The largest absolute Gasteiger partial charge is 0.480 e. The van der Waals surface area contributed by atoms with Crippen LogP contribution in [-0.2, 0) is 9.59 Å². The van der Waals surface area contributed by atoms with Gasteiger partial charge in [-0.2, -0.15) is 0 Å². The van der Waals surface area contributed by atoms with Crippen LogP contribution in [0.15, 0.2) is 49.4 Å². The number of pyridine rings is 1. The number of nitrogens with one attached hydrogen (secondary N) is 2. The lowest BCUT2D eigenvalue weighted by molar-refractivity contribution is -0.143. The number of rotatable bonds is 6. The van der Waals surface area contributed by atoms with E-state index in [1.165, 1.54) is 36.8 Å². The summed E-state index contributed by atoms with van der Waals surface area (Å²) in [6, 6.07) is 5.59. The van der Waals surface area contributed by atoms with Crippen molar-refractivity contribution in [3.05, 3.63) is 60.3 Å². The maximum atomic E-state index is 13.3. The van der Waals surface area contributed by atoms with Crippen molar-refractivity contribution in [1.29, 1.82) is 0 Å². The van der Waals surface area contributed by atoms with Gasteiger partial charge in [-0.1, -0.05) is 17.7 Å². The molecule has 0 radical (unpaired) electrons. The summed E-state index contributed by atoms with van der Waals surface area (Å²) in [5, 5.41) is 14.9. The molecule has 1 atom stereocenters. The van der Waals surface area contributed by atoms with E-state index in [1.54, 1.807) is 0 Å². The number of carbonyl (C=O) groups excluding carboxylic acids is 1. The van der Waals surface area contributed by atoms with Crippen LogP contribution in [0.2, 0.25) is 5.02 Å². The minimum Gasteiger partial charge on any atom is -0.480 e. The lowest BCUT2D eigenvalue weighted by Gasteiger charge is -2.11. The summed E-state index contributed by atoms with van der Waals surface area (Å²) in [7, 11) is 0. The predicted octanol–water partition coefficient (Wildman–Crippen LogP) is 3.39. The van der Waals surface area contributed by atoms with E-state index >= 15 is 0 Å². The summed E-state index contributed by atoms with van der Waals surface area (Å²) in [6.45, 7) is 3.34. The lowest BCUT2D eigenvalue weighted by atomic mass is 10.1. The molecule has 0 fully saturated rings. The SMILES string of the molecule is C=CC(C(=O)O)C(=O)Nc1cc2c(Nc3ccc(F)c(Cl)c3)ncnc2cn1. The molecular weight excluding hydrogens is 389 g/mol. The van der Waals surface area contributed by atoms with E-state index in [2.05, 4.69) is 32.2 Å². The van der Waals surface area contributed by atoms with Crippen LogP contribution in [0, 0.1) is 11.7 Å². The zero-order valence-corrected chi connectivity index (χ0v) is 14.9. The van der Waals surface area contributed by atoms with Crippen LogP contribution in [0.3, 0.4) is 0 Å². The van der Waals surface area contributed by atoms with Crippen molar-refractivity contribution < 1.29 is 19.1 Å². The van der Waals surface area contributed by atoms with Crippen molar-refractivity contribution in [1.82, 2.24) is 15.0 Å². The van der Waals surface area contributed by atoms with Crippen molar-refractivity contribution in [3.8, 4) is 0 Å². The molecule has 142 valence electrons. The summed E-state index contributed by atoms with van der Waals surface area (Å²) >= 11 is 5.79. The van der Waals surface area contributed by atoms with Crippen LogP contribution in [0.25, 0.3) is 10.9 Å².